The van der Waals surface area contributed by atoms with E-state index in [0.717, 1.165) is 48.1 Å². The number of carbonyl (C=O) groups is 1. The Kier molecular flexibility index (Phi) is 2.79. The van der Waals surface area contributed by atoms with E-state index in [1.165, 1.54) is 0 Å². The van der Waals surface area contributed by atoms with Crippen molar-refractivity contribution < 1.29 is 4.79 Å². The average molecular weight is 299 g/mol. The fourth-order valence-corrected chi connectivity index (χ4v) is 3.89. The lowest BCUT2D eigenvalue weighted by Crippen LogP contribution is -2.30. The van der Waals surface area contributed by atoms with Gasteiger partial charge in [-0.15, -0.1) is 0 Å². The summed E-state index contributed by atoms with van der Waals surface area (Å²) in [5.41, 5.74) is 3.78. The van der Waals surface area contributed by atoms with Crippen molar-refractivity contribution in [2.45, 2.75) is 31.1 Å². The zero-order valence-corrected chi connectivity index (χ0v) is 12.3. The van der Waals surface area contributed by atoms with Crippen molar-refractivity contribution in [3.63, 3.8) is 0 Å². The fourth-order valence-electron chi connectivity index (χ4n) is 3.67. The van der Waals surface area contributed by atoms with Crippen LogP contribution in [0, 0.1) is 0 Å². The summed E-state index contributed by atoms with van der Waals surface area (Å²) in [5.74, 6) is 0.160. The highest BCUT2D eigenvalue weighted by Gasteiger charge is 2.48. The minimum absolute atomic E-state index is 0.160. The molecule has 1 aromatic carbocycles. The van der Waals surface area contributed by atoms with Gasteiger partial charge in [-0.3, -0.25) is 9.78 Å². The molecule has 3 nitrogen and oxygen atoms in total. The smallest absolute Gasteiger partial charge is 0.235 e. The summed E-state index contributed by atoms with van der Waals surface area (Å²) in [6.07, 6.45) is 7.51. The van der Waals surface area contributed by atoms with E-state index in [1.807, 2.05) is 18.2 Å². The van der Waals surface area contributed by atoms with Crippen LogP contribution >= 0.6 is 11.6 Å². The number of nitrogens with zero attached hydrogens (tertiary/aromatic N) is 1. The van der Waals surface area contributed by atoms with Crippen LogP contribution in [0.4, 0.5) is 5.69 Å². The molecule has 4 rings (SSSR count). The number of halogens is 1. The molecule has 1 aliphatic carbocycles. The number of fused-ring (bicyclic) bond motifs is 2. The molecule has 0 radical (unpaired) electrons. The molecule has 0 bridgehead atoms. The van der Waals surface area contributed by atoms with Crippen LogP contribution in [0.3, 0.4) is 0 Å². The fraction of sp³-hybridized carbons (Fsp3) is 0.294. The maximum Gasteiger partial charge on any atom is 0.235 e. The van der Waals surface area contributed by atoms with Crippen LogP contribution in [-0.2, 0) is 10.2 Å². The van der Waals surface area contributed by atoms with Crippen molar-refractivity contribution in [3.05, 3.63) is 47.2 Å². The van der Waals surface area contributed by atoms with Crippen LogP contribution in [0.15, 0.2) is 36.7 Å². The largest absolute Gasteiger partial charge is 0.325 e. The molecule has 21 heavy (non-hydrogen) atoms. The Balaban J connectivity index is 1.87. The Morgan fingerprint density at radius 2 is 2.00 bits per heavy atom. The number of hydrogen-bond acceptors (Lipinski definition) is 2. The molecule has 1 aromatic heterocycles. The molecule has 0 atom stereocenters. The van der Waals surface area contributed by atoms with Crippen LogP contribution in [-0.4, -0.2) is 10.9 Å². The summed E-state index contributed by atoms with van der Waals surface area (Å²) in [6.45, 7) is 0. The molecular weight excluding hydrogens is 284 g/mol. The molecule has 0 saturated heterocycles. The lowest BCUT2D eigenvalue weighted by molar-refractivity contribution is -0.120. The molecule has 2 aromatic rings. The van der Waals surface area contributed by atoms with E-state index in [2.05, 4.69) is 16.4 Å². The molecule has 4 heteroatoms. The molecule has 1 spiro atoms. The van der Waals surface area contributed by atoms with Crippen molar-refractivity contribution >= 4 is 23.2 Å². The second-order valence-corrected chi connectivity index (χ2v) is 6.27. The number of aromatic nitrogens is 1. The van der Waals surface area contributed by atoms with Gasteiger partial charge in [-0.25, -0.2) is 0 Å². The van der Waals surface area contributed by atoms with E-state index in [0.29, 0.717) is 5.02 Å². The molecule has 1 N–H and O–H groups in total. The third kappa shape index (κ3) is 1.80. The summed E-state index contributed by atoms with van der Waals surface area (Å²) >= 11 is 6.24. The van der Waals surface area contributed by atoms with Crippen LogP contribution in [0.2, 0.25) is 5.02 Å². The van der Waals surface area contributed by atoms with Crippen molar-refractivity contribution in [2.75, 3.05) is 5.32 Å². The van der Waals surface area contributed by atoms with Crippen LogP contribution in [0.1, 0.15) is 31.2 Å². The third-order valence-electron chi connectivity index (χ3n) is 4.76. The Morgan fingerprint density at radius 1 is 1.19 bits per heavy atom. The summed E-state index contributed by atoms with van der Waals surface area (Å²) < 4.78 is 0. The van der Waals surface area contributed by atoms with E-state index < -0.39 is 0 Å². The molecule has 2 heterocycles. The minimum atomic E-state index is -0.315. The lowest BCUT2D eigenvalue weighted by atomic mass is 9.79. The number of amides is 1. The van der Waals surface area contributed by atoms with Gasteiger partial charge < -0.3 is 5.32 Å². The molecule has 1 amide bonds. The standard InChI is InChI=1S/C17H15ClN2O/c18-14-10-19-8-5-12(14)11-3-4-15-13(9-11)17(16(21)20-15)6-1-2-7-17/h3-5,8-10H,1-2,6-7H2,(H,20,21). The third-order valence-corrected chi connectivity index (χ3v) is 5.06. The zero-order valence-electron chi connectivity index (χ0n) is 11.5. The zero-order chi connectivity index (χ0) is 14.4. The van der Waals surface area contributed by atoms with Crippen molar-refractivity contribution in [1.29, 1.82) is 0 Å². The number of anilines is 1. The summed E-state index contributed by atoms with van der Waals surface area (Å²) in [4.78, 5) is 16.5. The maximum atomic E-state index is 12.4. The molecule has 1 saturated carbocycles. The lowest BCUT2D eigenvalue weighted by Gasteiger charge is -2.21. The van der Waals surface area contributed by atoms with Gasteiger partial charge in [0, 0.05) is 23.6 Å². The first-order chi connectivity index (χ1) is 10.2. The molecule has 1 aliphatic heterocycles. The highest BCUT2D eigenvalue weighted by molar-refractivity contribution is 6.33. The predicted molar refractivity (Wildman–Crippen MR) is 83.5 cm³/mol. The van der Waals surface area contributed by atoms with E-state index in [4.69, 9.17) is 11.6 Å². The number of benzene rings is 1. The molecular formula is C17H15ClN2O. The van der Waals surface area contributed by atoms with E-state index >= 15 is 0 Å². The van der Waals surface area contributed by atoms with E-state index in [1.54, 1.807) is 12.4 Å². The second-order valence-electron chi connectivity index (χ2n) is 5.86. The van der Waals surface area contributed by atoms with Gasteiger partial charge in [0.05, 0.1) is 10.4 Å². The SMILES string of the molecule is O=C1Nc2ccc(-c3ccncc3Cl)cc2C12CCCC2. The number of pyridine rings is 1. The van der Waals surface area contributed by atoms with Gasteiger partial charge in [-0.05, 0) is 42.2 Å². The first-order valence-electron chi connectivity index (χ1n) is 7.27. The van der Waals surface area contributed by atoms with Gasteiger partial charge >= 0.3 is 0 Å². The van der Waals surface area contributed by atoms with Crippen LogP contribution in [0.5, 0.6) is 0 Å². The monoisotopic (exact) mass is 298 g/mol. The quantitative estimate of drug-likeness (QED) is 0.858. The van der Waals surface area contributed by atoms with Gasteiger partial charge in [0.25, 0.3) is 0 Å². The Hall–Kier alpha value is -1.87. The van der Waals surface area contributed by atoms with Gasteiger partial charge in [-0.1, -0.05) is 30.5 Å². The first kappa shape index (κ1) is 12.8. The second kappa shape index (κ2) is 4.57. The normalized spacial score (nSPS) is 18.8. The van der Waals surface area contributed by atoms with Crippen molar-refractivity contribution in [3.8, 4) is 11.1 Å². The highest BCUT2D eigenvalue weighted by Crippen LogP contribution is 2.49. The number of hydrogen-bond donors (Lipinski definition) is 1. The summed E-state index contributed by atoms with van der Waals surface area (Å²) in [6, 6.07) is 8.04. The minimum Gasteiger partial charge on any atom is -0.325 e. The topological polar surface area (TPSA) is 42.0 Å². The summed E-state index contributed by atoms with van der Waals surface area (Å²) in [5, 5.41) is 3.67. The van der Waals surface area contributed by atoms with Crippen LogP contribution in [0.25, 0.3) is 11.1 Å². The van der Waals surface area contributed by atoms with Crippen molar-refractivity contribution in [1.82, 2.24) is 4.98 Å². The Morgan fingerprint density at radius 3 is 2.76 bits per heavy atom. The van der Waals surface area contributed by atoms with Crippen molar-refractivity contribution in [2.24, 2.45) is 0 Å². The molecule has 106 valence electrons. The molecule has 0 unspecified atom stereocenters. The summed E-state index contributed by atoms with van der Waals surface area (Å²) in [7, 11) is 0. The van der Waals surface area contributed by atoms with Gasteiger partial charge in [0.2, 0.25) is 5.91 Å². The van der Waals surface area contributed by atoms with Gasteiger partial charge in [-0.2, -0.15) is 0 Å². The highest BCUT2D eigenvalue weighted by atomic mass is 35.5. The molecule has 1 fully saturated rings. The Bertz CT molecular complexity index is 735. The number of carbonyl (C=O) groups excluding carboxylic acids is 1. The first-order valence-corrected chi connectivity index (χ1v) is 7.64. The maximum absolute atomic E-state index is 12.4. The molecule has 2 aliphatic rings. The average Bonchev–Trinajstić information content (AvgIpc) is 3.08. The predicted octanol–water partition coefficient (Wildman–Crippen LogP) is 4.17. The van der Waals surface area contributed by atoms with Gasteiger partial charge in [0.15, 0.2) is 0 Å². The number of nitrogens with one attached hydrogen (secondary N) is 1. The van der Waals surface area contributed by atoms with E-state index in [9.17, 15) is 4.79 Å². The van der Waals surface area contributed by atoms with Gasteiger partial charge in [0.1, 0.15) is 0 Å². The van der Waals surface area contributed by atoms with Crippen LogP contribution < -0.4 is 5.32 Å². The number of rotatable bonds is 1. The Labute approximate surface area is 128 Å². The van der Waals surface area contributed by atoms with E-state index in [-0.39, 0.29) is 11.3 Å².